The topological polar surface area (TPSA) is 37.3 Å². The first kappa shape index (κ1) is 8.47. The van der Waals surface area contributed by atoms with Crippen LogP contribution in [0.25, 0.3) is 0 Å². The van der Waals surface area contributed by atoms with Crippen LogP contribution in [0.2, 0.25) is 0 Å². The van der Waals surface area contributed by atoms with Gasteiger partial charge in [-0.15, -0.1) is 0 Å². The number of hydrogen-bond donors (Lipinski definition) is 1. The Morgan fingerprint density at radius 1 is 1.64 bits per heavy atom. The summed E-state index contributed by atoms with van der Waals surface area (Å²) >= 11 is 0. The zero-order valence-corrected chi connectivity index (χ0v) is 6.84. The van der Waals surface area contributed by atoms with Crippen molar-refractivity contribution in [2.45, 2.75) is 38.7 Å². The second kappa shape index (κ2) is 3.67. The minimum Gasteiger partial charge on any atom is -0.385 e. The van der Waals surface area contributed by atoms with Gasteiger partial charge in [0.15, 0.2) is 5.78 Å². The van der Waals surface area contributed by atoms with Crippen LogP contribution in [0.4, 0.5) is 0 Å². The van der Waals surface area contributed by atoms with Crippen LogP contribution >= 0.6 is 0 Å². The van der Waals surface area contributed by atoms with Crippen molar-refractivity contribution in [2.75, 3.05) is 0 Å². The predicted molar refractivity (Wildman–Crippen MR) is 43.2 cm³/mol. The Balaban J connectivity index is 2.58. The number of carbonyl (C=O) groups is 1. The summed E-state index contributed by atoms with van der Waals surface area (Å²) in [6, 6.07) is 0. The van der Waals surface area contributed by atoms with Gasteiger partial charge >= 0.3 is 0 Å². The molecule has 0 heterocycles. The van der Waals surface area contributed by atoms with E-state index in [-0.39, 0.29) is 5.78 Å². The van der Waals surface area contributed by atoms with Crippen molar-refractivity contribution in [3.8, 4) is 0 Å². The van der Waals surface area contributed by atoms with Crippen molar-refractivity contribution in [2.24, 2.45) is 0 Å². The number of carbonyl (C=O) groups excluding carboxylic acids is 1. The fraction of sp³-hybridized carbons (Fsp3) is 0.667. The van der Waals surface area contributed by atoms with E-state index in [1.807, 2.05) is 6.08 Å². The lowest BCUT2D eigenvalue weighted by Gasteiger charge is -2.12. The third-order valence-corrected chi connectivity index (χ3v) is 1.99. The van der Waals surface area contributed by atoms with Gasteiger partial charge < -0.3 is 5.11 Å². The quantitative estimate of drug-likeness (QED) is 0.653. The summed E-state index contributed by atoms with van der Waals surface area (Å²) in [5.74, 6) is -0.0929. The van der Waals surface area contributed by atoms with Crippen LogP contribution in [-0.4, -0.2) is 17.0 Å². The van der Waals surface area contributed by atoms with Gasteiger partial charge in [-0.05, 0) is 38.2 Å². The van der Waals surface area contributed by atoms with Gasteiger partial charge in [0.25, 0.3) is 0 Å². The number of ketones is 1. The molecular weight excluding hydrogens is 140 g/mol. The molecule has 0 aliphatic heterocycles. The van der Waals surface area contributed by atoms with Gasteiger partial charge in [-0.2, -0.15) is 0 Å². The number of aliphatic hydroxyl groups is 1. The minimum absolute atomic E-state index is 0.0929. The molecule has 1 rings (SSSR count). The molecule has 1 N–H and O–H groups in total. The maximum atomic E-state index is 11.2. The molecule has 0 spiro atoms. The summed E-state index contributed by atoms with van der Waals surface area (Å²) in [6.45, 7) is 1.53. The SMILES string of the molecule is C[C@H](O)C(=O)C1=CCCCC1. The van der Waals surface area contributed by atoms with Crippen molar-refractivity contribution in [1.82, 2.24) is 0 Å². The predicted octanol–water partition coefficient (Wildman–Crippen LogP) is 1.44. The highest BCUT2D eigenvalue weighted by Gasteiger charge is 2.15. The molecule has 0 unspecified atom stereocenters. The molecule has 0 fully saturated rings. The number of allylic oxidation sites excluding steroid dienone is 1. The molecule has 0 saturated heterocycles. The fourth-order valence-electron chi connectivity index (χ4n) is 1.33. The van der Waals surface area contributed by atoms with Crippen LogP contribution in [0.3, 0.4) is 0 Å². The minimum atomic E-state index is -0.820. The number of rotatable bonds is 2. The molecule has 2 heteroatoms. The monoisotopic (exact) mass is 154 g/mol. The number of aliphatic hydroxyl groups excluding tert-OH is 1. The van der Waals surface area contributed by atoms with Crippen LogP contribution in [0, 0.1) is 0 Å². The average molecular weight is 154 g/mol. The van der Waals surface area contributed by atoms with Crippen molar-refractivity contribution in [3.05, 3.63) is 11.6 Å². The molecule has 0 amide bonds. The molecule has 1 atom stereocenters. The lowest BCUT2D eigenvalue weighted by atomic mass is 9.95. The van der Waals surface area contributed by atoms with E-state index in [4.69, 9.17) is 5.11 Å². The molecule has 0 radical (unpaired) electrons. The van der Waals surface area contributed by atoms with Gasteiger partial charge in [0, 0.05) is 0 Å². The van der Waals surface area contributed by atoms with Crippen molar-refractivity contribution in [1.29, 1.82) is 0 Å². The van der Waals surface area contributed by atoms with Crippen molar-refractivity contribution < 1.29 is 9.90 Å². The lowest BCUT2D eigenvalue weighted by molar-refractivity contribution is -0.122. The van der Waals surface area contributed by atoms with E-state index in [0.29, 0.717) is 0 Å². The molecular formula is C9H14O2. The molecule has 1 aliphatic carbocycles. The number of Topliss-reactive ketones (excluding diaryl/α,β-unsaturated/α-hetero) is 1. The molecule has 11 heavy (non-hydrogen) atoms. The summed E-state index contributed by atoms with van der Waals surface area (Å²) in [7, 11) is 0. The van der Waals surface area contributed by atoms with E-state index in [2.05, 4.69) is 0 Å². The average Bonchev–Trinajstić information content (AvgIpc) is 2.05. The Morgan fingerprint density at radius 2 is 2.36 bits per heavy atom. The highest BCUT2D eigenvalue weighted by atomic mass is 16.3. The van der Waals surface area contributed by atoms with E-state index in [1.54, 1.807) is 0 Å². The third kappa shape index (κ3) is 2.15. The van der Waals surface area contributed by atoms with Crippen LogP contribution in [0.15, 0.2) is 11.6 Å². The summed E-state index contributed by atoms with van der Waals surface area (Å²) in [5, 5.41) is 8.98. The summed E-state index contributed by atoms with van der Waals surface area (Å²) in [5.41, 5.74) is 0.825. The summed E-state index contributed by atoms with van der Waals surface area (Å²) in [6.07, 6.45) is 5.25. The summed E-state index contributed by atoms with van der Waals surface area (Å²) in [4.78, 5) is 11.2. The highest BCUT2D eigenvalue weighted by molar-refractivity contribution is 5.98. The summed E-state index contributed by atoms with van der Waals surface area (Å²) < 4.78 is 0. The van der Waals surface area contributed by atoms with Crippen molar-refractivity contribution in [3.63, 3.8) is 0 Å². The molecule has 0 aromatic carbocycles. The Bertz CT molecular complexity index is 180. The van der Waals surface area contributed by atoms with Crippen LogP contribution in [0.5, 0.6) is 0 Å². The van der Waals surface area contributed by atoms with Gasteiger partial charge in [-0.3, -0.25) is 4.79 Å². The zero-order chi connectivity index (χ0) is 8.27. The van der Waals surface area contributed by atoms with Gasteiger partial charge in [0.1, 0.15) is 6.10 Å². The first-order chi connectivity index (χ1) is 5.22. The number of hydrogen-bond acceptors (Lipinski definition) is 2. The van der Waals surface area contributed by atoms with Gasteiger partial charge in [0.05, 0.1) is 0 Å². The van der Waals surface area contributed by atoms with E-state index in [9.17, 15) is 4.79 Å². The van der Waals surface area contributed by atoms with E-state index >= 15 is 0 Å². The zero-order valence-electron chi connectivity index (χ0n) is 6.84. The van der Waals surface area contributed by atoms with Crippen molar-refractivity contribution >= 4 is 5.78 Å². The molecule has 1 aliphatic rings. The Labute approximate surface area is 66.9 Å². The molecule has 0 bridgehead atoms. The second-order valence-electron chi connectivity index (χ2n) is 3.02. The maximum Gasteiger partial charge on any atom is 0.186 e. The Morgan fingerprint density at radius 3 is 2.82 bits per heavy atom. The van der Waals surface area contributed by atoms with Gasteiger partial charge in [-0.1, -0.05) is 6.08 Å². The second-order valence-corrected chi connectivity index (χ2v) is 3.02. The largest absolute Gasteiger partial charge is 0.385 e. The van der Waals surface area contributed by atoms with Crippen LogP contribution in [-0.2, 0) is 4.79 Å². The highest BCUT2D eigenvalue weighted by Crippen LogP contribution is 2.18. The smallest absolute Gasteiger partial charge is 0.186 e. The maximum absolute atomic E-state index is 11.2. The van der Waals surface area contributed by atoms with E-state index in [0.717, 1.165) is 24.8 Å². The third-order valence-electron chi connectivity index (χ3n) is 1.99. The molecule has 2 nitrogen and oxygen atoms in total. The van der Waals surface area contributed by atoms with Gasteiger partial charge in [-0.25, -0.2) is 0 Å². The van der Waals surface area contributed by atoms with Crippen LogP contribution in [0.1, 0.15) is 32.6 Å². The fourth-order valence-corrected chi connectivity index (χ4v) is 1.33. The normalized spacial score (nSPS) is 20.7. The first-order valence-electron chi connectivity index (χ1n) is 4.13. The molecule has 0 aromatic heterocycles. The molecule has 0 aromatic rings. The molecule has 0 saturated carbocycles. The lowest BCUT2D eigenvalue weighted by Crippen LogP contribution is -2.19. The Kier molecular flexibility index (Phi) is 2.83. The molecule has 62 valence electrons. The van der Waals surface area contributed by atoms with Crippen LogP contribution < -0.4 is 0 Å². The first-order valence-corrected chi connectivity index (χ1v) is 4.13. The standard InChI is InChI=1S/C9H14O2/c1-7(10)9(11)8-5-3-2-4-6-8/h5,7,10H,2-4,6H2,1H3/t7-/m0/s1. The Hall–Kier alpha value is -0.630. The van der Waals surface area contributed by atoms with Gasteiger partial charge in [0.2, 0.25) is 0 Å². The van der Waals surface area contributed by atoms with E-state index < -0.39 is 6.10 Å². The van der Waals surface area contributed by atoms with E-state index in [1.165, 1.54) is 13.3 Å².